The molecule has 0 aliphatic rings. The maximum Gasteiger partial charge on any atom is 0.132 e. The third-order valence-corrected chi connectivity index (χ3v) is 3.86. The Morgan fingerprint density at radius 1 is 0.857 bits per heavy atom. The lowest BCUT2D eigenvalue weighted by Gasteiger charge is -2.31. The van der Waals surface area contributed by atoms with Gasteiger partial charge in [0.1, 0.15) is 11.6 Å². The molecular weight excluding hydrogens is 268 g/mol. The molecule has 21 heavy (non-hydrogen) atoms. The van der Waals surface area contributed by atoms with Gasteiger partial charge in [0, 0.05) is 12.8 Å². The van der Waals surface area contributed by atoms with E-state index in [9.17, 15) is 9.59 Å². The number of rotatable bonds is 12. The van der Waals surface area contributed by atoms with Crippen molar-refractivity contribution < 1.29 is 19.1 Å². The number of carbonyl (C=O) groups is 2. The van der Waals surface area contributed by atoms with Crippen LogP contribution in [0.5, 0.6) is 0 Å². The zero-order valence-electron chi connectivity index (χ0n) is 14.6. The SMILES string of the molecule is CCC(C)(CCOC(C)(C)CCC(C)=O)OCCC(C)=O. The van der Waals surface area contributed by atoms with Gasteiger partial charge in [0.25, 0.3) is 0 Å². The largest absolute Gasteiger partial charge is 0.375 e. The van der Waals surface area contributed by atoms with Crippen LogP contribution in [0.2, 0.25) is 0 Å². The van der Waals surface area contributed by atoms with Crippen LogP contribution in [0.1, 0.15) is 73.6 Å². The molecule has 0 heterocycles. The molecule has 0 rings (SSSR count). The van der Waals surface area contributed by atoms with Crippen LogP contribution in [0, 0.1) is 0 Å². The van der Waals surface area contributed by atoms with Crippen LogP contribution in [0.25, 0.3) is 0 Å². The summed E-state index contributed by atoms with van der Waals surface area (Å²) < 4.78 is 11.8. The highest BCUT2D eigenvalue weighted by Gasteiger charge is 2.25. The molecule has 0 amide bonds. The van der Waals surface area contributed by atoms with Crippen molar-refractivity contribution >= 4 is 11.6 Å². The molecule has 0 saturated heterocycles. The Morgan fingerprint density at radius 2 is 1.43 bits per heavy atom. The van der Waals surface area contributed by atoms with Gasteiger partial charge in [0.05, 0.1) is 24.4 Å². The first-order valence-electron chi connectivity index (χ1n) is 7.87. The van der Waals surface area contributed by atoms with E-state index >= 15 is 0 Å². The van der Waals surface area contributed by atoms with E-state index in [0.29, 0.717) is 26.1 Å². The number of ether oxygens (including phenoxy) is 2. The molecule has 1 unspecified atom stereocenters. The van der Waals surface area contributed by atoms with Gasteiger partial charge in [-0.25, -0.2) is 0 Å². The minimum Gasteiger partial charge on any atom is -0.375 e. The van der Waals surface area contributed by atoms with Gasteiger partial charge in [0.2, 0.25) is 0 Å². The van der Waals surface area contributed by atoms with Crippen LogP contribution in [-0.4, -0.2) is 36.0 Å². The Morgan fingerprint density at radius 3 is 1.90 bits per heavy atom. The number of hydrogen-bond donors (Lipinski definition) is 0. The van der Waals surface area contributed by atoms with E-state index in [0.717, 1.165) is 19.3 Å². The fourth-order valence-corrected chi connectivity index (χ4v) is 1.88. The predicted molar refractivity (Wildman–Crippen MR) is 84.5 cm³/mol. The predicted octanol–water partition coefficient (Wildman–Crippen LogP) is 3.71. The van der Waals surface area contributed by atoms with Gasteiger partial charge >= 0.3 is 0 Å². The Labute approximate surface area is 129 Å². The summed E-state index contributed by atoms with van der Waals surface area (Å²) in [5.74, 6) is 0.340. The minimum atomic E-state index is -0.292. The molecule has 0 aromatic heterocycles. The van der Waals surface area contributed by atoms with Gasteiger partial charge in [-0.15, -0.1) is 0 Å². The van der Waals surface area contributed by atoms with E-state index in [2.05, 4.69) is 13.8 Å². The van der Waals surface area contributed by atoms with Gasteiger partial charge in [-0.1, -0.05) is 6.92 Å². The van der Waals surface area contributed by atoms with Crippen molar-refractivity contribution in [3.63, 3.8) is 0 Å². The lowest BCUT2D eigenvalue weighted by atomic mass is 9.98. The monoisotopic (exact) mass is 300 g/mol. The first-order valence-corrected chi connectivity index (χ1v) is 7.87. The third-order valence-electron chi connectivity index (χ3n) is 3.86. The maximum absolute atomic E-state index is 11.0. The van der Waals surface area contributed by atoms with E-state index in [1.54, 1.807) is 13.8 Å². The maximum atomic E-state index is 11.0. The zero-order valence-corrected chi connectivity index (χ0v) is 14.6. The highest BCUT2D eigenvalue weighted by atomic mass is 16.5. The molecule has 0 spiro atoms. The Bertz CT molecular complexity index is 336. The molecule has 0 fully saturated rings. The summed E-state index contributed by atoms with van der Waals surface area (Å²) in [5, 5.41) is 0. The normalized spacial score (nSPS) is 14.8. The molecule has 0 aliphatic heterocycles. The first kappa shape index (κ1) is 20.3. The average molecular weight is 300 g/mol. The molecule has 124 valence electrons. The van der Waals surface area contributed by atoms with Gasteiger partial charge < -0.3 is 14.3 Å². The molecule has 0 bridgehead atoms. The van der Waals surface area contributed by atoms with Crippen LogP contribution in [0.3, 0.4) is 0 Å². The van der Waals surface area contributed by atoms with Crippen LogP contribution < -0.4 is 0 Å². The van der Waals surface area contributed by atoms with Gasteiger partial charge in [-0.05, 0) is 53.9 Å². The summed E-state index contributed by atoms with van der Waals surface area (Å²) in [6.07, 6.45) is 3.40. The molecule has 0 aliphatic carbocycles. The van der Waals surface area contributed by atoms with Crippen LogP contribution >= 0.6 is 0 Å². The number of hydrogen-bond acceptors (Lipinski definition) is 4. The zero-order chi connectivity index (χ0) is 16.5. The van der Waals surface area contributed by atoms with E-state index in [1.165, 1.54) is 0 Å². The molecule has 0 N–H and O–H groups in total. The molecule has 0 radical (unpaired) electrons. The van der Waals surface area contributed by atoms with Gasteiger partial charge in [-0.3, -0.25) is 4.79 Å². The molecule has 1 atom stereocenters. The molecule has 0 aromatic carbocycles. The van der Waals surface area contributed by atoms with Crippen molar-refractivity contribution in [2.75, 3.05) is 13.2 Å². The Kier molecular flexibility index (Phi) is 8.98. The van der Waals surface area contributed by atoms with E-state index in [1.807, 2.05) is 13.8 Å². The number of Topliss-reactive ketones (excluding diaryl/α,β-unsaturated/α-hetero) is 2. The van der Waals surface area contributed by atoms with Crippen molar-refractivity contribution in [3.8, 4) is 0 Å². The van der Waals surface area contributed by atoms with Crippen LogP contribution in [0.15, 0.2) is 0 Å². The second-order valence-electron chi connectivity index (χ2n) is 6.66. The lowest BCUT2D eigenvalue weighted by Crippen LogP contribution is -2.33. The van der Waals surface area contributed by atoms with Gasteiger partial charge in [-0.2, -0.15) is 0 Å². The van der Waals surface area contributed by atoms with Gasteiger partial charge in [0.15, 0.2) is 0 Å². The second-order valence-corrected chi connectivity index (χ2v) is 6.66. The van der Waals surface area contributed by atoms with Crippen molar-refractivity contribution in [2.24, 2.45) is 0 Å². The number of carbonyl (C=O) groups excluding carboxylic acids is 2. The molecule has 0 saturated carbocycles. The second kappa shape index (κ2) is 9.31. The molecule has 4 heteroatoms. The lowest BCUT2D eigenvalue weighted by molar-refractivity contribution is -0.122. The molecular formula is C17H32O4. The topological polar surface area (TPSA) is 52.6 Å². The summed E-state index contributed by atoms with van der Waals surface area (Å²) >= 11 is 0. The van der Waals surface area contributed by atoms with E-state index in [4.69, 9.17) is 9.47 Å². The highest BCUT2D eigenvalue weighted by Crippen LogP contribution is 2.23. The van der Waals surface area contributed by atoms with Crippen LogP contribution in [-0.2, 0) is 19.1 Å². The molecule has 0 aromatic rings. The Hall–Kier alpha value is -0.740. The standard InChI is InChI=1S/C17H32O4/c1-7-17(6,21-12-9-15(3)19)11-13-20-16(4,5)10-8-14(2)18/h7-13H2,1-6H3. The summed E-state index contributed by atoms with van der Waals surface area (Å²) in [6.45, 7) is 12.4. The number of ketones is 2. The van der Waals surface area contributed by atoms with Crippen molar-refractivity contribution in [1.82, 2.24) is 0 Å². The summed E-state index contributed by atoms with van der Waals surface area (Å²) in [6, 6.07) is 0. The molecule has 4 nitrogen and oxygen atoms in total. The quantitative estimate of drug-likeness (QED) is 0.551. The fourth-order valence-electron chi connectivity index (χ4n) is 1.88. The van der Waals surface area contributed by atoms with Crippen molar-refractivity contribution in [1.29, 1.82) is 0 Å². The van der Waals surface area contributed by atoms with E-state index in [-0.39, 0.29) is 22.8 Å². The summed E-state index contributed by atoms with van der Waals surface area (Å²) in [5.41, 5.74) is -0.550. The Balaban J connectivity index is 4.13. The summed E-state index contributed by atoms with van der Waals surface area (Å²) in [7, 11) is 0. The third kappa shape index (κ3) is 10.6. The first-order chi connectivity index (χ1) is 9.60. The average Bonchev–Trinajstić information content (AvgIpc) is 2.36. The highest BCUT2D eigenvalue weighted by molar-refractivity contribution is 5.75. The smallest absolute Gasteiger partial charge is 0.132 e. The fraction of sp³-hybridized carbons (Fsp3) is 0.882. The van der Waals surface area contributed by atoms with Crippen LogP contribution in [0.4, 0.5) is 0 Å². The van der Waals surface area contributed by atoms with E-state index < -0.39 is 0 Å². The van der Waals surface area contributed by atoms with Crippen molar-refractivity contribution in [3.05, 3.63) is 0 Å². The summed E-state index contributed by atoms with van der Waals surface area (Å²) in [4.78, 5) is 22.0. The minimum absolute atomic E-state index is 0.148. The van der Waals surface area contributed by atoms with Crippen molar-refractivity contribution in [2.45, 2.75) is 84.8 Å².